The maximum Gasteiger partial charge on any atom is 0.410 e. The molecule has 0 bridgehead atoms. The highest BCUT2D eigenvalue weighted by Crippen LogP contribution is 2.24. The Morgan fingerprint density at radius 1 is 1.58 bits per heavy atom. The molecule has 1 aliphatic rings. The molecule has 19 heavy (non-hydrogen) atoms. The van der Waals surface area contributed by atoms with Crippen LogP contribution in [0.4, 0.5) is 9.93 Å². The van der Waals surface area contributed by atoms with Crippen molar-refractivity contribution in [1.29, 1.82) is 0 Å². The van der Waals surface area contributed by atoms with Gasteiger partial charge in [0.15, 0.2) is 5.13 Å². The van der Waals surface area contributed by atoms with Gasteiger partial charge < -0.3 is 14.5 Å². The Bertz CT molecular complexity index is 428. The van der Waals surface area contributed by atoms with E-state index in [9.17, 15) is 4.79 Å². The quantitative estimate of drug-likeness (QED) is 0.837. The predicted molar refractivity (Wildman–Crippen MR) is 76.7 cm³/mol. The topological polar surface area (TPSA) is 45.7 Å². The van der Waals surface area contributed by atoms with Crippen molar-refractivity contribution in [3.8, 4) is 0 Å². The number of rotatable bonds is 2. The molecule has 106 valence electrons. The molecule has 6 heteroatoms. The zero-order valence-electron chi connectivity index (χ0n) is 11.9. The van der Waals surface area contributed by atoms with E-state index >= 15 is 0 Å². The molecular weight excluding hydrogens is 262 g/mol. The molecule has 0 saturated carbocycles. The summed E-state index contributed by atoms with van der Waals surface area (Å²) < 4.78 is 5.40. The van der Waals surface area contributed by atoms with Gasteiger partial charge in [0.2, 0.25) is 0 Å². The number of anilines is 1. The minimum Gasteiger partial charge on any atom is -0.444 e. The van der Waals surface area contributed by atoms with Crippen molar-refractivity contribution in [2.45, 2.75) is 38.8 Å². The van der Waals surface area contributed by atoms with Gasteiger partial charge in [-0.15, -0.1) is 11.3 Å². The number of ether oxygens (including phenoxy) is 1. The van der Waals surface area contributed by atoms with E-state index < -0.39 is 5.60 Å². The van der Waals surface area contributed by atoms with Crippen LogP contribution in [0.2, 0.25) is 0 Å². The first-order valence-electron chi connectivity index (χ1n) is 6.47. The second-order valence-corrected chi connectivity index (χ2v) is 6.67. The summed E-state index contributed by atoms with van der Waals surface area (Å²) in [5, 5.41) is 2.96. The number of hydrogen-bond donors (Lipinski definition) is 0. The summed E-state index contributed by atoms with van der Waals surface area (Å²) in [5.41, 5.74) is -0.434. The fraction of sp³-hybridized carbons (Fsp3) is 0.692. The summed E-state index contributed by atoms with van der Waals surface area (Å²) >= 11 is 1.62. The third-order valence-electron chi connectivity index (χ3n) is 3.08. The van der Waals surface area contributed by atoms with E-state index in [2.05, 4.69) is 9.88 Å². The minimum atomic E-state index is -0.434. The number of thiazole rings is 1. The predicted octanol–water partition coefficient (Wildman–Crippen LogP) is 2.59. The summed E-state index contributed by atoms with van der Waals surface area (Å²) in [7, 11) is 2.03. The molecule has 0 radical (unpaired) electrons. The van der Waals surface area contributed by atoms with Crippen molar-refractivity contribution >= 4 is 22.6 Å². The van der Waals surface area contributed by atoms with E-state index in [1.165, 1.54) is 0 Å². The van der Waals surface area contributed by atoms with Crippen molar-refractivity contribution in [3.63, 3.8) is 0 Å². The fourth-order valence-electron chi connectivity index (χ4n) is 2.10. The Morgan fingerprint density at radius 2 is 2.32 bits per heavy atom. The van der Waals surface area contributed by atoms with Gasteiger partial charge in [-0.05, 0) is 27.2 Å². The first kappa shape index (κ1) is 14.1. The molecule has 1 amide bonds. The first-order valence-corrected chi connectivity index (χ1v) is 7.35. The summed E-state index contributed by atoms with van der Waals surface area (Å²) in [6.07, 6.45) is 2.54. The van der Waals surface area contributed by atoms with Crippen LogP contribution < -0.4 is 4.90 Å². The molecule has 1 aliphatic heterocycles. The third-order valence-corrected chi connectivity index (χ3v) is 3.95. The van der Waals surface area contributed by atoms with Crippen LogP contribution in [-0.2, 0) is 4.74 Å². The Kier molecular flexibility index (Phi) is 3.99. The highest BCUT2D eigenvalue weighted by Gasteiger charge is 2.32. The van der Waals surface area contributed by atoms with Crippen molar-refractivity contribution in [2.24, 2.45) is 0 Å². The second-order valence-electron chi connectivity index (χ2n) is 5.79. The number of amides is 1. The van der Waals surface area contributed by atoms with E-state index in [0.29, 0.717) is 12.6 Å². The van der Waals surface area contributed by atoms with E-state index in [1.807, 2.05) is 33.2 Å². The second kappa shape index (κ2) is 5.36. The third kappa shape index (κ3) is 3.59. The molecule has 2 heterocycles. The molecule has 1 saturated heterocycles. The lowest BCUT2D eigenvalue weighted by Crippen LogP contribution is -2.39. The van der Waals surface area contributed by atoms with Gasteiger partial charge in [0.1, 0.15) is 5.60 Å². The number of carbonyl (C=O) groups excluding carboxylic acids is 1. The molecule has 1 fully saturated rings. The molecule has 1 aromatic heterocycles. The average Bonchev–Trinajstić information content (AvgIpc) is 2.98. The zero-order valence-corrected chi connectivity index (χ0v) is 12.7. The zero-order chi connectivity index (χ0) is 14.0. The molecule has 1 atom stereocenters. The van der Waals surface area contributed by atoms with Gasteiger partial charge in [-0.1, -0.05) is 0 Å². The SMILES string of the molecule is CN(c1nccs1)[C@@H]1CCN(C(=O)OC(C)(C)C)C1. The van der Waals surface area contributed by atoms with Crippen molar-refractivity contribution in [3.05, 3.63) is 11.6 Å². The van der Waals surface area contributed by atoms with Gasteiger partial charge in [-0.3, -0.25) is 0 Å². The van der Waals surface area contributed by atoms with Crippen LogP contribution in [-0.4, -0.2) is 47.8 Å². The number of carbonyl (C=O) groups is 1. The van der Waals surface area contributed by atoms with Gasteiger partial charge in [-0.2, -0.15) is 0 Å². The fourth-order valence-corrected chi connectivity index (χ4v) is 2.78. The molecule has 1 aromatic rings. The largest absolute Gasteiger partial charge is 0.444 e. The first-order chi connectivity index (χ1) is 8.87. The number of aromatic nitrogens is 1. The number of hydrogen-bond acceptors (Lipinski definition) is 5. The highest BCUT2D eigenvalue weighted by molar-refractivity contribution is 7.13. The van der Waals surface area contributed by atoms with E-state index in [4.69, 9.17) is 4.74 Å². The van der Waals surface area contributed by atoms with Gasteiger partial charge in [-0.25, -0.2) is 9.78 Å². The standard InChI is InChI=1S/C13H21N3O2S/c1-13(2,3)18-12(17)16-7-5-10(9-16)15(4)11-14-6-8-19-11/h6,8,10H,5,7,9H2,1-4H3/t10-/m1/s1. The molecule has 0 spiro atoms. The monoisotopic (exact) mass is 283 g/mol. The Labute approximate surface area is 118 Å². The Hall–Kier alpha value is -1.30. The smallest absolute Gasteiger partial charge is 0.410 e. The average molecular weight is 283 g/mol. The summed E-state index contributed by atoms with van der Waals surface area (Å²) in [6, 6.07) is 0.318. The van der Waals surface area contributed by atoms with Crippen molar-refractivity contribution in [1.82, 2.24) is 9.88 Å². The van der Waals surface area contributed by atoms with Crippen LogP contribution in [0.3, 0.4) is 0 Å². The van der Waals surface area contributed by atoms with Crippen LogP contribution in [0.1, 0.15) is 27.2 Å². The maximum atomic E-state index is 12.0. The molecule has 2 rings (SSSR count). The molecular formula is C13H21N3O2S. The summed E-state index contributed by atoms with van der Waals surface area (Å²) in [5.74, 6) is 0. The summed E-state index contributed by atoms with van der Waals surface area (Å²) in [6.45, 7) is 7.11. The lowest BCUT2D eigenvalue weighted by atomic mass is 10.2. The highest BCUT2D eigenvalue weighted by atomic mass is 32.1. The molecule has 0 unspecified atom stereocenters. The number of nitrogens with zero attached hydrogens (tertiary/aromatic N) is 3. The molecule has 0 aliphatic carbocycles. The Morgan fingerprint density at radius 3 is 2.89 bits per heavy atom. The Balaban J connectivity index is 1.91. The van der Waals surface area contributed by atoms with Gasteiger partial charge in [0.05, 0.1) is 6.04 Å². The maximum absolute atomic E-state index is 12.0. The van der Waals surface area contributed by atoms with Gasteiger partial charge >= 0.3 is 6.09 Å². The van der Waals surface area contributed by atoms with E-state index in [1.54, 1.807) is 22.4 Å². The van der Waals surface area contributed by atoms with Crippen LogP contribution in [0.5, 0.6) is 0 Å². The molecule has 0 N–H and O–H groups in total. The number of likely N-dealkylation sites (N-methyl/N-ethyl adjacent to an activating group) is 1. The van der Waals surface area contributed by atoms with Crippen LogP contribution in [0.25, 0.3) is 0 Å². The van der Waals surface area contributed by atoms with Crippen LogP contribution >= 0.6 is 11.3 Å². The van der Waals surface area contributed by atoms with E-state index in [-0.39, 0.29) is 6.09 Å². The van der Waals surface area contributed by atoms with Crippen LogP contribution in [0, 0.1) is 0 Å². The minimum absolute atomic E-state index is 0.220. The van der Waals surface area contributed by atoms with Crippen molar-refractivity contribution < 1.29 is 9.53 Å². The van der Waals surface area contributed by atoms with Crippen molar-refractivity contribution in [2.75, 3.05) is 25.0 Å². The molecule has 0 aromatic carbocycles. The van der Waals surface area contributed by atoms with Crippen LogP contribution in [0.15, 0.2) is 11.6 Å². The lowest BCUT2D eigenvalue weighted by Gasteiger charge is -2.26. The van der Waals surface area contributed by atoms with Gasteiger partial charge in [0.25, 0.3) is 0 Å². The molecule has 5 nitrogen and oxygen atoms in total. The number of likely N-dealkylation sites (tertiary alicyclic amines) is 1. The normalized spacial score (nSPS) is 19.6. The van der Waals surface area contributed by atoms with Gasteiger partial charge in [0, 0.05) is 31.7 Å². The lowest BCUT2D eigenvalue weighted by molar-refractivity contribution is 0.0292. The summed E-state index contributed by atoms with van der Waals surface area (Å²) in [4.78, 5) is 20.2. The van der Waals surface area contributed by atoms with E-state index in [0.717, 1.165) is 18.1 Å².